The number of nitrogens with one attached hydrogen (secondary N) is 1. The van der Waals surface area contributed by atoms with Gasteiger partial charge in [-0.15, -0.1) is 0 Å². The molecule has 0 aliphatic heterocycles. The molecule has 0 spiro atoms. The Morgan fingerprint density at radius 2 is 1.52 bits per heavy atom. The van der Waals surface area contributed by atoms with Gasteiger partial charge >= 0.3 is 0 Å². The number of hydrogen-bond donors (Lipinski definition) is 1. The molecule has 0 fully saturated rings. The first-order chi connectivity index (χ1) is 10.9. The largest absolute Gasteiger partial charge is 0.497 e. The van der Waals surface area contributed by atoms with Gasteiger partial charge in [0.1, 0.15) is 11.5 Å². The Kier molecular flexibility index (Phi) is 5.79. The summed E-state index contributed by atoms with van der Waals surface area (Å²) in [6, 6.07) is 11.5. The molecule has 0 aliphatic rings. The Labute approximate surface area is 147 Å². The molecule has 0 aliphatic carbocycles. The van der Waals surface area contributed by atoms with Gasteiger partial charge in [-0.2, -0.15) is 0 Å². The third-order valence-electron chi connectivity index (χ3n) is 3.79. The fourth-order valence-electron chi connectivity index (χ4n) is 2.28. The van der Waals surface area contributed by atoms with Crippen LogP contribution < -0.4 is 14.8 Å². The summed E-state index contributed by atoms with van der Waals surface area (Å²) in [5.74, 6) is 1.54. The van der Waals surface area contributed by atoms with Gasteiger partial charge in [-0.25, -0.2) is 0 Å². The first-order valence-corrected chi connectivity index (χ1v) is 8.04. The van der Waals surface area contributed by atoms with Gasteiger partial charge in [-0.1, -0.05) is 29.3 Å². The van der Waals surface area contributed by atoms with E-state index in [1.165, 1.54) is 0 Å². The zero-order valence-electron chi connectivity index (χ0n) is 13.7. The Bertz CT molecular complexity index is 664. The lowest BCUT2D eigenvalue weighted by atomic mass is 9.94. The minimum absolute atomic E-state index is 0.259. The van der Waals surface area contributed by atoms with Crippen LogP contribution >= 0.6 is 23.2 Å². The molecule has 0 aromatic heterocycles. The summed E-state index contributed by atoms with van der Waals surface area (Å²) < 4.78 is 10.6. The Morgan fingerprint density at radius 3 is 2.04 bits per heavy atom. The molecule has 3 nitrogen and oxygen atoms in total. The quantitative estimate of drug-likeness (QED) is 0.789. The van der Waals surface area contributed by atoms with Crippen molar-refractivity contribution in [2.75, 3.05) is 14.2 Å². The molecule has 2 rings (SSSR count). The normalized spacial score (nSPS) is 11.4. The zero-order chi connectivity index (χ0) is 17.0. The predicted octanol–water partition coefficient (Wildman–Crippen LogP) is 5.04. The van der Waals surface area contributed by atoms with Crippen molar-refractivity contribution in [1.82, 2.24) is 5.32 Å². The second kappa shape index (κ2) is 7.43. The lowest BCUT2D eigenvalue weighted by Gasteiger charge is -2.27. The van der Waals surface area contributed by atoms with E-state index in [0.717, 1.165) is 22.6 Å². The van der Waals surface area contributed by atoms with E-state index < -0.39 is 0 Å². The molecule has 0 saturated carbocycles. The molecule has 124 valence electrons. The van der Waals surface area contributed by atoms with Crippen molar-refractivity contribution in [2.24, 2.45) is 0 Å². The van der Waals surface area contributed by atoms with Crippen molar-refractivity contribution in [3.05, 3.63) is 57.6 Å². The van der Waals surface area contributed by atoms with Crippen LogP contribution in [-0.2, 0) is 12.1 Å². The van der Waals surface area contributed by atoms with Crippen LogP contribution in [0.2, 0.25) is 10.0 Å². The Hall–Kier alpha value is -1.42. The summed E-state index contributed by atoms with van der Waals surface area (Å²) in [5, 5.41) is 4.64. The van der Waals surface area contributed by atoms with Gasteiger partial charge in [-0.05, 0) is 49.2 Å². The molecule has 0 unspecified atom stereocenters. The fourth-order valence-corrected chi connectivity index (χ4v) is 2.58. The molecule has 0 bridgehead atoms. The average Bonchev–Trinajstić information content (AvgIpc) is 2.55. The third-order valence-corrected chi connectivity index (χ3v) is 4.53. The highest BCUT2D eigenvalue weighted by Gasteiger charge is 2.20. The maximum atomic E-state index is 6.12. The van der Waals surface area contributed by atoms with Crippen molar-refractivity contribution >= 4 is 23.2 Å². The topological polar surface area (TPSA) is 30.5 Å². The predicted molar refractivity (Wildman–Crippen MR) is 95.9 cm³/mol. The van der Waals surface area contributed by atoms with Crippen molar-refractivity contribution in [1.29, 1.82) is 0 Å². The number of hydrogen-bond acceptors (Lipinski definition) is 3. The van der Waals surface area contributed by atoms with E-state index in [1.807, 2.05) is 36.4 Å². The van der Waals surface area contributed by atoms with Crippen molar-refractivity contribution < 1.29 is 9.47 Å². The molecule has 0 saturated heterocycles. The molecule has 0 heterocycles. The molecule has 0 atom stereocenters. The van der Waals surface area contributed by atoms with Crippen LogP contribution in [0.5, 0.6) is 11.5 Å². The summed E-state index contributed by atoms with van der Waals surface area (Å²) >= 11 is 12.1. The summed E-state index contributed by atoms with van der Waals surface area (Å²) in [6.45, 7) is 4.87. The molecular weight excluding hydrogens is 333 g/mol. The average molecular weight is 354 g/mol. The standard InChI is InChI=1S/C18H21Cl2NO2/c1-18(2,13-5-6-16(19)17(20)9-13)21-11-12-7-14(22-3)10-15(8-12)23-4/h5-10,21H,11H2,1-4H3. The van der Waals surface area contributed by atoms with E-state index >= 15 is 0 Å². The summed E-state index contributed by atoms with van der Waals surface area (Å²) in [6.07, 6.45) is 0. The van der Waals surface area contributed by atoms with Crippen LogP contribution in [0.25, 0.3) is 0 Å². The summed E-state index contributed by atoms with van der Waals surface area (Å²) in [4.78, 5) is 0. The molecule has 2 aromatic carbocycles. The van der Waals surface area contributed by atoms with E-state index in [2.05, 4.69) is 19.2 Å². The molecule has 0 amide bonds. The lowest BCUT2D eigenvalue weighted by molar-refractivity contribution is 0.385. The molecule has 2 aromatic rings. The van der Waals surface area contributed by atoms with E-state index in [-0.39, 0.29) is 5.54 Å². The first kappa shape index (κ1) is 17.9. The SMILES string of the molecule is COc1cc(CNC(C)(C)c2ccc(Cl)c(Cl)c2)cc(OC)c1. The second-order valence-electron chi connectivity index (χ2n) is 5.83. The highest BCUT2D eigenvalue weighted by Crippen LogP contribution is 2.29. The van der Waals surface area contributed by atoms with Crippen LogP contribution in [0.15, 0.2) is 36.4 Å². The number of methoxy groups -OCH3 is 2. The molecule has 5 heteroatoms. The van der Waals surface area contributed by atoms with Crippen LogP contribution in [0.1, 0.15) is 25.0 Å². The third kappa shape index (κ3) is 4.54. The van der Waals surface area contributed by atoms with Gasteiger partial charge in [0.05, 0.1) is 24.3 Å². The lowest BCUT2D eigenvalue weighted by Crippen LogP contribution is -2.35. The van der Waals surface area contributed by atoms with Crippen LogP contribution in [0.4, 0.5) is 0 Å². The van der Waals surface area contributed by atoms with Gasteiger partial charge in [0.2, 0.25) is 0 Å². The van der Waals surface area contributed by atoms with Crippen LogP contribution in [0, 0.1) is 0 Å². The van der Waals surface area contributed by atoms with Gasteiger partial charge in [0.25, 0.3) is 0 Å². The monoisotopic (exact) mass is 353 g/mol. The van der Waals surface area contributed by atoms with Crippen molar-refractivity contribution in [2.45, 2.75) is 25.9 Å². The Morgan fingerprint density at radius 1 is 0.913 bits per heavy atom. The summed E-state index contributed by atoms with van der Waals surface area (Å²) in [5.41, 5.74) is 1.89. The number of ether oxygens (including phenoxy) is 2. The maximum absolute atomic E-state index is 6.12. The van der Waals surface area contributed by atoms with Gasteiger partial charge < -0.3 is 14.8 Å². The molecule has 1 N–H and O–H groups in total. The maximum Gasteiger partial charge on any atom is 0.122 e. The van der Waals surface area contributed by atoms with Crippen LogP contribution in [0.3, 0.4) is 0 Å². The molecule has 0 radical (unpaired) electrons. The van der Waals surface area contributed by atoms with E-state index in [9.17, 15) is 0 Å². The van der Waals surface area contributed by atoms with E-state index in [0.29, 0.717) is 16.6 Å². The minimum atomic E-state index is -0.259. The zero-order valence-corrected chi connectivity index (χ0v) is 15.3. The van der Waals surface area contributed by atoms with Gasteiger partial charge in [-0.3, -0.25) is 0 Å². The minimum Gasteiger partial charge on any atom is -0.497 e. The van der Waals surface area contributed by atoms with Gasteiger partial charge in [0, 0.05) is 18.2 Å². The summed E-state index contributed by atoms with van der Waals surface area (Å²) in [7, 11) is 3.29. The Balaban J connectivity index is 2.16. The van der Waals surface area contributed by atoms with E-state index in [4.69, 9.17) is 32.7 Å². The smallest absolute Gasteiger partial charge is 0.122 e. The van der Waals surface area contributed by atoms with Crippen LogP contribution in [-0.4, -0.2) is 14.2 Å². The highest BCUT2D eigenvalue weighted by molar-refractivity contribution is 6.42. The molecule has 23 heavy (non-hydrogen) atoms. The van der Waals surface area contributed by atoms with E-state index in [1.54, 1.807) is 14.2 Å². The highest BCUT2D eigenvalue weighted by atomic mass is 35.5. The number of rotatable bonds is 6. The molecular formula is C18H21Cl2NO2. The first-order valence-electron chi connectivity index (χ1n) is 7.28. The number of halogens is 2. The van der Waals surface area contributed by atoms with Crippen molar-refractivity contribution in [3.8, 4) is 11.5 Å². The van der Waals surface area contributed by atoms with Crippen molar-refractivity contribution in [3.63, 3.8) is 0 Å². The number of benzene rings is 2. The second-order valence-corrected chi connectivity index (χ2v) is 6.64. The fraction of sp³-hybridized carbons (Fsp3) is 0.333. The van der Waals surface area contributed by atoms with Gasteiger partial charge in [0.15, 0.2) is 0 Å².